The second-order valence-corrected chi connectivity index (χ2v) is 7.05. The summed E-state index contributed by atoms with van der Waals surface area (Å²) >= 11 is 1.61. The number of amides is 1. The van der Waals surface area contributed by atoms with Crippen LogP contribution in [0.3, 0.4) is 0 Å². The molecule has 0 saturated carbocycles. The van der Waals surface area contributed by atoms with Gasteiger partial charge in [-0.3, -0.25) is 4.79 Å². The van der Waals surface area contributed by atoms with Crippen molar-refractivity contribution in [2.75, 3.05) is 18.4 Å². The first-order chi connectivity index (χ1) is 12.7. The minimum atomic E-state index is -0.315. The van der Waals surface area contributed by atoms with Gasteiger partial charge in [0.2, 0.25) is 5.91 Å². The first-order valence-electron chi connectivity index (χ1n) is 8.51. The maximum atomic E-state index is 12.4. The Hall–Kier alpha value is -2.93. The number of aromatic nitrogens is 3. The Morgan fingerprint density at radius 2 is 1.88 bits per heavy atom. The van der Waals surface area contributed by atoms with Crippen LogP contribution in [0.25, 0.3) is 21.3 Å². The number of hydrogen-bond donors (Lipinski definition) is 2. The highest BCUT2D eigenvalue weighted by molar-refractivity contribution is 7.22. The topological polar surface area (TPSA) is 71.8 Å². The number of anilines is 1. The van der Waals surface area contributed by atoms with E-state index in [-0.39, 0.29) is 11.9 Å². The fraction of sp³-hybridized carbons (Fsp3) is 0.211. The van der Waals surface area contributed by atoms with E-state index < -0.39 is 0 Å². The number of carbonyl (C=O) groups is 1. The quantitative estimate of drug-likeness (QED) is 0.514. The van der Waals surface area contributed by atoms with Gasteiger partial charge in [-0.1, -0.05) is 35.6 Å². The van der Waals surface area contributed by atoms with Crippen molar-refractivity contribution in [1.29, 1.82) is 0 Å². The predicted molar refractivity (Wildman–Crippen MR) is 106 cm³/mol. The van der Waals surface area contributed by atoms with Crippen molar-refractivity contribution in [3.05, 3.63) is 54.9 Å². The van der Waals surface area contributed by atoms with Gasteiger partial charge in [0.05, 0.1) is 27.6 Å². The maximum Gasteiger partial charge on any atom is 0.242 e. The Kier molecular flexibility index (Phi) is 4.53. The Balaban J connectivity index is 1.32. The van der Waals surface area contributed by atoms with Crippen molar-refractivity contribution in [3.8, 4) is 0 Å². The van der Waals surface area contributed by atoms with Gasteiger partial charge in [-0.25, -0.2) is 9.97 Å². The number of benzene rings is 2. The summed E-state index contributed by atoms with van der Waals surface area (Å²) in [6.45, 7) is 3.04. The number of para-hydroxylation sites is 3. The van der Waals surface area contributed by atoms with Gasteiger partial charge in [-0.15, -0.1) is 0 Å². The molecule has 4 rings (SSSR count). The molecule has 0 bridgehead atoms. The summed E-state index contributed by atoms with van der Waals surface area (Å²) < 4.78 is 3.05. The van der Waals surface area contributed by atoms with Crippen LogP contribution < -0.4 is 10.6 Å². The average Bonchev–Trinajstić information content (AvgIpc) is 3.28. The SMILES string of the molecule is C[C@H](C(=O)NCCNc1nc2ccccc2s1)n1cnc2ccccc21. The molecule has 6 nitrogen and oxygen atoms in total. The van der Waals surface area contributed by atoms with Crippen molar-refractivity contribution >= 4 is 43.6 Å². The highest BCUT2D eigenvalue weighted by Crippen LogP contribution is 2.25. The zero-order valence-electron chi connectivity index (χ0n) is 14.3. The molecular weight excluding hydrogens is 346 g/mol. The minimum absolute atomic E-state index is 0.0285. The number of nitrogens with one attached hydrogen (secondary N) is 2. The van der Waals surface area contributed by atoms with Crippen LogP contribution in [-0.4, -0.2) is 33.5 Å². The summed E-state index contributed by atoms with van der Waals surface area (Å²) in [5.41, 5.74) is 2.84. The first kappa shape index (κ1) is 16.5. The van der Waals surface area contributed by atoms with E-state index in [9.17, 15) is 4.79 Å². The van der Waals surface area contributed by atoms with E-state index >= 15 is 0 Å². The van der Waals surface area contributed by atoms with Gasteiger partial charge in [0.15, 0.2) is 5.13 Å². The molecule has 0 saturated heterocycles. The lowest BCUT2D eigenvalue weighted by Crippen LogP contribution is -2.34. The summed E-state index contributed by atoms with van der Waals surface area (Å²) in [5.74, 6) is -0.0285. The molecule has 0 aliphatic rings. The van der Waals surface area contributed by atoms with Crippen molar-refractivity contribution in [3.63, 3.8) is 0 Å². The largest absolute Gasteiger partial charge is 0.360 e. The molecule has 132 valence electrons. The monoisotopic (exact) mass is 365 g/mol. The third kappa shape index (κ3) is 3.25. The van der Waals surface area contributed by atoms with E-state index in [1.165, 1.54) is 0 Å². The van der Waals surface area contributed by atoms with Crippen LogP contribution in [0, 0.1) is 0 Å². The van der Waals surface area contributed by atoms with Gasteiger partial charge < -0.3 is 15.2 Å². The molecule has 1 atom stereocenters. The Bertz CT molecular complexity index is 1020. The molecule has 0 radical (unpaired) electrons. The van der Waals surface area contributed by atoms with E-state index in [0.29, 0.717) is 13.1 Å². The van der Waals surface area contributed by atoms with E-state index in [4.69, 9.17) is 0 Å². The molecule has 0 unspecified atom stereocenters. The molecule has 0 aliphatic heterocycles. The van der Waals surface area contributed by atoms with Crippen LogP contribution >= 0.6 is 11.3 Å². The Labute approximate surface area is 154 Å². The molecule has 0 aliphatic carbocycles. The van der Waals surface area contributed by atoms with Gasteiger partial charge in [0, 0.05) is 13.1 Å². The third-order valence-corrected chi connectivity index (χ3v) is 5.27. The Morgan fingerprint density at radius 1 is 1.12 bits per heavy atom. The molecule has 4 aromatic rings. The van der Waals surface area contributed by atoms with E-state index in [2.05, 4.69) is 26.7 Å². The lowest BCUT2D eigenvalue weighted by molar-refractivity contribution is -0.123. The summed E-state index contributed by atoms with van der Waals surface area (Å²) in [6, 6.07) is 15.5. The summed E-state index contributed by atoms with van der Waals surface area (Å²) in [7, 11) is 0. The zero-order valence-corrected chi connectivity index (χ0v) is 15.2. The zero-order chi connectivity index (χ0) is 17.9. The molecule has 7 heteroatoms. The summed E-state index contributed by atoms with van der Waals surface area (Å²) in [4.78, 5) is 21.3. The standard InChI is InChI=1S/C19H19N5OS/c1-13(24-12-22-14-6-2-4-8-16(14)24)18(25)20-10-11-21-19-23-15-7-3-5-9-17(15)26-19/h2-9,12-13H,10-11H2,1H3,(H,20,25)(H,21,23)/t13-/m1/s1. The number of imidazole rings is 1. The molecule has 2 heterocycles. The van der Waals surface area contributed by atoms with Crippen LogP contribution in [-0.2, 0) is 4.79 Å². The molecule has 2 N–H and O–H groups in total. The van der Waals surface area contributed by atoms with Crippen LogP contribution in [0.2, 0.25) is 0 Å². The fourth-order valence-corrected chi connectivity index (χ4v) is 3.76. The smallest absolute Gasteiger partial charge is 0.242 e. The van der Waals surface area contributed by atoms with E-state index in [1.54, 1.807) is 17.7 Å². The van der Waals surface area contributed by atoms with E-state index in [1.807, 2.05) is 54.0 Å². The summed E-state index contributed by atoms with van der Waals surface area (Å²) in [6.07, 6.45) is 1.72. The lowest BCUT2D eigenvalue weighted by atomic mass is 10.2. The second kappa shape index (κ2) is 7.13. The van der Waals surface area contributed by atoms with Crippen molar-refractivity contribution in [1.82, 2.24) is 19.9 Å². The molecule has 26 heavy (non-hydrogen) atoms. The molecule has 2 aromatic carbocycles. The lowest BCUT2D eigenvalue weighted by Gasteiger charge is -2.14. The highest BCUT2D eigenvalue weighted by atomic mass is 32.1. The number of fused-ring (bicyclic) bond motifs is 2. The van der Waals surface area contributed by atoms with Crippen molar-refractivity contribution in [2.24, 2.45) is 0 Å². The van der Waals surface area contributed by atoms with Crippen LogP contribution in [0.1, 0.15) is 13.0 Å². The number of thiazole rings is 1. The predicted octanol–water partition coefficient (Wildman–Crippen LogP) is 3.44. The van der Waals surface area contributed by atoms with Gasteiger partial charge in [-0.05, 0) is 31.2 Å². The molecule has 2 aromatic heterocycles. The van der Waals surface area contributed by atoms with Gasteiger partial charge in [0.1, 0.15) is 6.04 Å². The molecule has 1 amide bonds. The fourth-order valence-electron chi connectivity index (χ4n) is 2.86. The second-order valence-electron chi connectivity index (χ2n) is 6.02. The maximum absolute atomic E-state index is 12.4. The third-order valence-electron chi connectivity index (χ3n) is 4.27. The number of carbonyl (C=O) groups excluding carboxylic acids is 1. The normalized spacial score (nSPS) is 12.3. The van der Waals surface area contributed by atoms with Crippen molar-refractivity contribution < 1.29 is 4.79 Å². The van der Waals surface area contributed by atoms with Crippen molar-refractivity contribution in [2.45, 2.75) is 13.0 Å². The number of hydrogen-bond acceptors (Lipinski definition) is 5. The molecule has 0 spiro atoms. The summed E-state index contributed by atoms with van der Waals surface area (Å²) in [5, 5.41) is 7.10. The molecular formula is C19H19N5OS. The van der Waals surface area contributed by atoms with Crippen LogP contribution in [0.5, 0.6) is 0 Å². The Morgan fingerprint density at radius 3 is 2.73 bits per heavy atom. The minimum Gasteiger partial charge on any atom is -0.360 e. The first-order valence-corrected chi connectivity index (χ1v) is 9.33. The van der Waals surface area contributed by atoms with Crippen LogP contribution in [0.15, 0.2) is 54.9 Å². The molecule has 0 fully saturated rings. The van der Waals surface area contributed by atoms with Gasteiger partial charge in [-0.2, -0.15) is 0 Å². The van der Waals surface area contributed by atoms with Crippen LogP contribution in [0.4, 0.5) is 5.13 Å². The van der Waals surface area contributed by atoms with E-state index in [0.717, 1.165) is 26.4 Å². The number of rotatable bonds is 6. The average molecular weight is 365 g/mol. The van der Waals surface area contributed by atoms with Gasteiger partial charge in [0.25, 0.3) is 0 Å². The number of nitrogens with zero attached hydrogens (tertiary/aromatic N) is 3. The van der Waals surface area contributed by atoms with Gasteiger partial charge >= 0.3 is 0 Å². The highest BCUT2D eigenvalue weighted by Gasteiger charge is 2.16.